The molecule has 1 atom stereocenters. The number of hydrogen-bond donors (Lipinski definition) is 1. The van der Waals surface area contributed by atoms with Crippen molar-refractivity contribution in [2.75, 3.05) is 13.1 Å². The molecule has 4 nitrogen and oxygen atoms in total. The molecule has 86 valence electrons. The molecule has 1 N–H and O–H groups in total. The van der Waals surface area contributed by atoms with Crippen LogP contribution in [0.15, 0.2) is 0 Å². The first-order valence-corrected chi connectivity index (χ1v) is 6.14. The zero-order valence-corrected chi connectivity index (χ0v) is 10.7. The van der Waals surface area contributed by atoms with E-state index in [0.717, 1.165) is 12.8 Å². The van der Waals surface area contributed by atoms with Gasteiger partial charge in [0, 0.05) is 12.6 Å². The van der Waals surface area contributed by atoms with Gasteiger partial charge in [-0.3, -0.25) is 9.59 Å². The summed E-state index contributed by atoms with van der Waals surface area (Å²) in [5.41, 5.74) is 0. The summed E-state index contributed by atoms with van der Waals surface area (Å²) in [6, 6.07) is 0.122. The highest BCUT2D eigenvalue weighted by Gasteiger charge is 2.27. The van der Waals surface area contributed by atoms with Crippen molar-refractivity contribution in [3.8, 4) is 0 Å². The van der Waals surface area contributed by atoms with Crippen molar-refractivity contribution in [2.45, 2.75) is 37.6 Å². The molecule has 0 spiro atoms. The van der Waals surface area contributed by atoms with E-state index in [1.807, 2.05) is 13.8 Å². The standard InChI is InChI=1S/C10H17BrN2O2/c1-7(2)12-9(14)6-13-5-3-4-8(11)10(13)15/h7-8H,3-6H2,1-2H3,(H,12,14). The lowest BCUT2D eigenvalue weighted by molar-refractivity contribution is -0.137. The molecule has 0 bridgehead atoms. The van der Waals surface area contributed by atoms with Gasteiger partial charge in [-0.25, -0.2) is 0 Å². The number of piperidine rings is 1. The second-order valence-electron chi connectivity index (χ2n) is 4.09. The average molecular weight is 277 g/mol. The average Bonchev–Trinajstić information content (AvgIpc) is 2.11. The van der Waals surface area contributed by atoms with Gasteiger partial charge in [-0.1, -0.05) is 15.9 Å². The second kappa shape index (κ2) is 5.49. The lowest BCUT2D eigenvalue weighted by atomic mass is 10.1. The number of nitrogens with one attached hydrogen (secondary N) is 1. The molecule has 1 heterocycles. The van der Waals surface area contributed by atoms with Crippen molar-refractivity contribution >= 4 is 27.7 Å². The van der Waals surface area contributed by atoms with E-state index in [2.05, 4.69) is 21.2 Å². The first-order chi connectivity index (χ1) is 7.00. The van der Waals surface area contributed by atoms with Gasteiger partial charge in [0.1, 0.15) is 0 Å². The minimum atomic E-state index is -0.113. The minimum absolute atomic E-state index is 0.0279. The van der Waals surface area contributed by atoms with Crippen LogP contribution in [0, 0.1) is 0 Å². The normalized spacial score (nSPS) is 22.0. The van der Waals surface area contributed by atoms with E-state index in [9.17, 15) is 9.59 Å². The Morgan fingerprint density at radius 3 is 2.93 bits per heavy atom. The maximum Gasteiger partial charge on any atom is 0.239 e. The number of carbonyl (C=O) groups is 2. The van der Waals surface area contributed by atoms with Gasteiger partial charge in [-0.2, -0.15) is 0 Å². The van der Waals surface area contributed by atoms with E-state index in [-0.39, 0.29) is 29.2 Å². The molecule has 0 aromatic carbocycles. The molecule has 2 amide bonds. The maximum atomic E-state index is 11.6. The van der Waals surface area contributed by atoms with Gasteiger partial charge in [0.15, 0.2) is 0 Å². The molecule has 0 aromatic rings. The van der Waals surface area contributed by atoms with Crippen LogP contribution in [0.1, 0.15) is 26.7 Å². The molecule has 1 aliphatic rings. The fourth-order valence-corrected chi connectivity index (χ4v) is 2.20. The summed E-state index contributed by atoms with van der Waals surface area (Å²) in [5.74, 6) is -0.0555. The van der Waals surface area contributed by atoms with Gasteiger partial charge >= 0.3 is 0 Å². The molecule has 0 aliphatic carbocycles. The smallest absolute Gasteiger partial charge is 0.239 e. The highest BCUT2D eigenvalue weighted by atomic mass is 79.9. The van der Waals surface area contributed by atoms with Crippen LogP contribution in [-0.2, 0) is 9.59 Å². The van der Waals surface area contributed by atoms with Crippen LogP contribution >= 0.6 is 15.9 Å². The molecule has 0 saturated carbocycles. The number of rotatable bonds is 3. The van der Waals surface area contributed by atoms with Crippen LogP contribution in [0.3, 0.4) is 0 Å². The Kier molecular flexibility index (Phi) is 4.57. The Balaban J connectivity index is 2.43. The number of halogens is 1. The third kappa shape index (κ3) is 3.81. The maximum absolute atomic E-state index is 11.6. The number of carbonyl (C=O) groups excluding carboxylic acids is 2. The summed E-state index contributed by atoms with van der Waals surface area (Å²) in [4.78, 5) is 24.6. The fraction of sp³-hybridized carbons (Fsp3) is 0.800. The molecule has 1 unspecified atom stereocenters. The fourth-order valence-electron chi connectivity index (χ4n) is 1.59. The topological polar surface area (TPSA) is 49.4 Å². The van der Waals surface area contributed by atoms with E-state index in [0.29, 0.717) is 6.54 Å². The molecule has 1 aliphatic heterocycles. The van der Waals surface area contributed by atoms with E-state index < -0.39 is 0 Å². The highest BCUT2D eigenvalue weighted by Crippen LogP contribution is 2.17. The minimum Gasteiger partial charge on any atom is -0.352 e. The van der Waals surface area contributed by atoms with Gasteiger partial charge in [0.05, 0.1) is 11.4 Å². The molecule has 1 saturated heterocycles. The Hall–Kier alpha value is -0.580. The van der Waals surface area contributed by atoms with Crippen molar-refractivity contribution in [1.29, 1.82) is 0 Å². The van der Waals surface area contributed by atoms with E-state index in [1.54, 1.807) is 4.90 Å². The van der Waals surface area contributed by atoms with E-state index in [4.69, 9.17) is 0 Å². The van der Waals surface area contributed by atoms with Crippen LogP contribution in [0.4, 0.5) is 0 Å². The van der Waals surface area contributed by atoms with Gasteiger partial charge < -0.3 is 10.2 Å². The van der Waals surface area contributed by atoms with Crippen molar-refractivity contribution in [3.05, 3.63) is 0 Å². The van der Waals surface area contributed by atoms with Crippen molar-refractivity contribution in [1.82, 2.24) is 10.2 Å². The summed E-state index contributed by atoms with van der Waals surface area (Å²) in [5, 5.41) is 2.78. The third-order valence-electron chi connectivity index (χ3n) is 2.25. The first-order valence-electron chi connectivity index (χ1n) is 5.23. The molecule has 0 aromatic heterocycles. The Morgan fingerprint density at radius 1 is 1.67 bits per heavy atom. The predicted octanol–water partition coefficient (Wildman–Crippen LogP) is 0.897. The molecule has 5 heteroatoms. The van der Waals surface area contributed by atoms with Crippen LogP contribution in [0.5, 0.6) is 0 Å². The molecule has 1 fully saturated rings. The highest BCUT2D eigenvalue weighted by molar-refractivity contribution is 9.10. The zero-order chi connectivity index (χ0) is 11.4. The van der Waals surface area contributed by atoms with Crippen LogP contribution in [0.25, 0.3) is 0 Å². The van der Waals surface area contributed by atoms with Crippen LogP contribution in [0.2, 0.25) is 0 Å². The van der Waals surface area contributed by atoms with Crippen LogP contribution in [-0.4, -0.2) is 40.7 Å². The molecular weight excluding hydrogens is 260 g/mol. The number of hydrogen-bond acceptors (Lipinski definition) is 2. The van der Waals surface area contributed by atoms with E-state index in [1.165, 1.54) is 0 Å². The van der Waals surface area contributed by atoms with E-state index >= 15 is 0 Å². The van der Waals surface area contributed by atoms with Crippen molar-refractivity contribution in [2.24, 2.45) is 0 Å². The number of likely N-dealkylation sites (tertiary alicyclic amines) is 1. The van der Waals surface area contributed by atoms with Crippen LogP contribution < -0.4 is 5.32 Å². The Labute approximate surface area is 98.5 Å². The predicted molar refractivity (Wildman–Crippen MR) is 61.8 cm³/mol. The lowest BCUT2D eigenvalue weighted by Crippen LogP contribution is -2.47. The molecule has 0 radical (unpaired) electrons. The summed E-state index contributed by atoms with van der Waals surface area (Å²) >= 11 is 3.31. The Bertz CT molecular complexity index is 256. The van der Waals surface area contributed by atoms with Crippen molar-refractivity contribution in [3.63, 3.8) is 0 Å². The zero-order valence-electron chi connectivity index (χ0n) is 9.12. The quantitative estimate of drug-likeness (QED) is 0.779. The van der Waals surface area contributed by atoms with Crippen molar-refractivity contribution < 1.29 is 9.59 Å². The van der Waals surface area contributed by atoms with Gasteiger partial charge in [-0.15, -0.1) is 0 Å². The third-order valence-corrected chi connectivity index (χ3v) is 3.10. The molecule has 1 rings (SSSR count). The van der Waals surface area contributed by atoms with Gasteiger partial charge in [0.2, 0.25) is 11.8 Å². The summed E-state index contributed by atoms with van der Waals surface area (Å²) in [6.45, 7) is 4.68. The first kappa shape index (κ1) is 12.5. The summed E-state index contributed by atoms with van der Waals surface area (Å²) in [6.07, 6.45) is 1.82. The Morgan fingerprint density at radius 2 is 2.33 bits per heavy atom. The molecule has 15 heavy (non-hydrogen) atoms. The summed E-state index contributed by atoms with van der Waals surface area (Å²) < 4.78 is 0. The SMILES string of the molecule is CC(C)NC(=O)CN1CCCC(Br)C1=O. The van der Waals surface area contributed by atoms with Gasteiger partial charge in [0.25, 0.3) is 0 Å². The lowest BCUT2D eigenvalue weighted by Gasteiger charge is -2.29. The number of nitrogens with zero attached hydrogens (tertiary/aromatic N) is 1. The summed E-state index contributed by atoms with van der Waals surface area (Å²) in [7, 11) is 0. The number of amides is 2. The van der Waals surface area contributed by atoms with Gasteiger partial charge in [-0.05, 0) is 26.7 Å². The number of alkyl halides is 1. The molecular formula is C10H17BrN2O2. The second-order valence-corrected chi connectivity index (χ2v) is 5.20. The largest absolute Gasteiger partial charge is 0.352 e. The monoisotopic (exact) mass is 276 g/mol.